The van der Waals surface area contributed by atoms with Crippen LogP contribution in [-0.2, 0) is 6.61 Å². The molecule has 3 aromatic rings. The lowest BCUT2D eigenvalue weighted by atomic mass is 10.2. The molecule has 0 spiro atoms. The summed E-state index contributed by atoms with van der Waals surface area (Å²) in [7, 11) is 0. The molecule has 9 heteroatoms. The predicted molar refractivity (Wildman–Crippen MR) is 86.9 cm³/mol. The molecular weight excluding hydrogens is 355 g/mol. The van der Waals surface area contributed by atoms with Crippen molar-refractivity contribution in [2.75, 3.05) is 0 Å². The summed E-state index contributed by atoms with van der Waals surface area (Å²) in [5.41, 5.74) is 0.793. The van der Waals surface area contributed by atoms with Gasteiger partial charge in [0.05, 0.1) is 24.2 Å². The van der Waals surface area contributed by atoms with Crippen molar-refractivity contribution < 1.29 is 14.6 Å². The van der Waals surface area contributed by atoms with Crippen LogP contribution in [0, 0.1) is 0 Å². The smallest absolute Gasteiger partial charge is 0.338 e. The van der Waals surface area contributed by atoms with Gasteiger partial charge in [-0.1, -0.05) is 23.2 Å². The van der Waals surface area contributed by atoms with E-state index in [1.54, 1.807) is 18.2 Å². The number of ether oxygens (including phenoxy) is 1. The molecule has 0 aliphatic carbocycles. The fourth-order valence-corrected chi connectivity index (χ4v) is 2.23. The molecule has 7 nitrogen and oxygen atoms in total. The van der Waals surface area contributed by atoms with Gasteiger partial charge in [0.25, 0.3) is 5.95 Å². The van der Waals surface area contributed by atoms with Crippen LogP contribution >= 0.6 is 23.2 Å². The Bertz CT molecular complexity index is 881. The molecule has 0 bridgehead atoms. The monoisotopic (exact) mass is 364 g/mol. The van der Waals surface area contributed by atoms with Gasteiger partial charge >= 0.3 is 5.97 Å². The number of carboxylic acids is 1. The molecule has 1 N–H and O–H groups in total. The van der Waals surface area contributed by atoms with Crippen molar-refractivity contribution in [3.05, 3.63) is 64.2 Å². The number of benzene rings is 1. The molecule has 122 valence electrons. The summed E-state index contributed by atoms with van der Waals surface area (Å²) in [5.74, 6) is -0.407. The van der Waals surface area contributed by atoms with Gasteiger partial charge in [0.1, 0.15) is 6.61 Å². The Morgan fingerprint density at radius 2 is 1.96 bits per heavy atom. The molecule has 3 rings (SSSR count). The molecule has 24 heavy (non-hydrogen) atoms. The van der Waals surface area contributed by atoms with E-state index in [0.29, 0.717) is 15.8 Å². The van der Waals surface area contributed by atoms with E-state index < -0.39 is 5.97 Å². The molecular formula is C15H10Cl2N4O3. The summed E-state index contributed by atoms with van der Waals surface area (Å²) in [4.78, 5) is 19.0. The van der Waals surface area contributed by atoms with Gasteiger partial charge in [0.2, 0.25) is 0 Å². The van der Waals surface area contributed by atoms with Gasteiger partial charge in [-0.25, -0.2) is 19.4 Å². The zero-order chi connectivity index (χ0) is 17.1. The van der Waals surface area contributed by atoms with Crippen molar-refractivity contribution in [3.63, 3.8) is 0 Å². The third-order valence-electron chi connectivity index (χ3n) is 3.05. The summed E-state index contributed by atoms with van der Waals surface area (Å²) in [6.07, 6.45) is 5.47. The van der Waals surface area contributed by atoms with Crippen LogP contribution in [0.5, 0.6) is 5.75 Å². The number of carboxylic acid groups (broad SMARTS) is 1. The van der Waals surface area contributed by atoms with Gasteiger partial charge in [-0.3, -0.25) is 0 Å². The molecule has 1 aromatic carbocycles. The molecule has 0 fully saturated rings. The molecule has 0 radical (unpaired) electrons. The number of hydrogen-bond acceptors (Lipinski definition) is 5. The number of nitrogens with zero attached hydrogens (tertiary/aromatic N) is 4. The first kappa shape index (κ1) is 16.2. The topological polar surface area (TPSA) is 90.1 Å². The Hall–Kier alpha value is -2.64. The average molecular weight is 365 g/mol. The van der Waals surface area contributed by atoms with Gasteiger partial charge in [0, 0.05) is 21.8 Å². The van der Waals surface area contributed by atoms with Crippen LogP contribution in [0.2, 0.25) is 10.0 Å². The number of hydrogen-bond donors (Lipinski definition) is 1. The van der Waals surface area contributed by atoms with E-state index >= 15 is 0 Å². The molecule has 0 amide bonds. The normalized spacial score (nSPS) is 10.6. The maximum absolute atomic E-state index is 10.8. The zero-order valence-electron chi connectivity index (χ0n) is 12.1. The molecule has 0 aliphatic rings. The van der Waals surface area contributed by atoms with Crippen LogP contribution < -0.4 is 4.74 Å². The van der Waals surface area contributed by atoms with Crippen molar-refractivity contribution in [1.29, 1.82) is 0 Å². The Morgan fingerprint density at radius 3 is 2.62 bits per heavy atom. The van der Waals surface area contributed by atoms with Gasteiger partial charge in [-0.2, -0.15) is 5.10 Å². The third kappa shape index (κ3) is 3.64. The second-order valence-electron chi connectivity index (χ2n) is 4.72. The minimum Gasteiger partial charge on any atom is -0.486 e. The van der Waals surface area contributed by atoms with Crippen LogP contribution in [0.1, 0.15) is 15.9 Å². The molecule has 0 aliphatic heterocycles. The quantitative estimate of drug-likeness (QED) is 0.747. The van der Waals surface area contributed by atoms with Crippen molar-refractivity contribution in [2.45, 2.75) is 6.61 Å². The highest BCUT2D eigenvalue weighted by molar-refractivity contribution is 6.33. The van der Waals surface area contributed by atoms with Crippen LogP contribution in [0.4, 0.5) is 0 Å². The summed E-state index contributed by atoms with van der Waals surface area (Å²) in [6.45, 7) is 0.215. The van der Waals surface area contributed by atoms with E-state index in [-0.39, 0.29) is 18.1 Å². The summed E-state index contributed by atoms with van der Waals surface area (Å²) >= 11 is 12.0. The number of rotatable bonds is 5. The Labute approximate surface area is 146 Å². The van der Waals surface area contributed by atoms with Crippen molar-refractivity contribution in [3.8, 4) is 11.7 Å². The lowest BCUT2D eigenvalue weighted by Gasteiger charge is -2.08. The number of aromatic nitrogens is 4. The first-order chi connectivity index (χ1) is 11.5. The summed E-state index contributed by atoms with van der Waals surface area (Å²) < 4.78 is 6.84. The summed E-state index contributed by atoms with van der Waals surface area (Å²) in [5, 5.41) is 13.9. The zero-order valence-corrected chi connectivity index (χ0v) is 13.6. The molecule has 2 aromatic heterocycles. The molecule has 0 unspecified atom stereocenters. The van der Waals surface area contributed by atoms with Gasteiger partial charge in [0.15, 0.2) is 5.75 Å². The van der Waals surface area contributed by atoms with Crippen LogP contribution in [0.25, 0.3) is 5.95 Å². The Kier molecular flexibility index (Phi) is 4.64. The maximum Gasteiger partial charge on any atom is 0.338 e. The lowest BCUT2D eigenvalue weighted by molar-refractivity contribution is 0.0697. The first-order valence-corrected chi connectivity index (χ1v) is 7.45. The first-order valence-electron chi connectivity index (χ1n) is 6.70. The number of aromatic carboxylic acids is 1. The number of carbonyl (C=O) groups is 1. The van der Waals surface area contributed by atoms with E-state index in [0.717, 1.165) is 5.56 Å². The fraction of sp³-hybridized carbons (Fsp3) is 0.0667. The van der Waals surface area contributed by atoms with Crippen molar-refractivity contribution >= 4 is 29.2 Å². The van der Waals surface area contributed by atoms with Gasteiger partial charge < -0.3 is 9.84 Å². The molecule has 0 saturated carbocycles. The van der Waals surface area contributed by atoms with Gasteiger partial charge in [-0.05, 0) is 18.2 Å². The average Bonchev–Trinajstić information content (AvgIpc) is 3.06. The second kappa shape index (κ2) is 6.86. The Balaban J connectivity index is 1.70. The Morgan fingerprint density at radius 1 is 1.21 bits per heavy atom. The van der Waals surface area contributed by atoms with Gasteiger partial charge in [-0.15, -0.1) is 0 Å². The predicted octanol–water partition coefficient (Wildman–Crippen LogP) is 3.25. The molecule has 0 saturated heterocycles. The molecule has 2 heterocycles. The highest BCUT2D eigenvalue weighted by atomic mass is 35.5. The SMILES string of the molecule is O=C(O)c1cnn(-c2ncc(OCc3cc(Cl)ccc3Cl)cn2)c1. The standard InChI is InChI=1S/C15H10Cl2N4O3/c16-11-1-2-13(17)9(3-11)8-24-12-5-18-15(19-6-12)21-7-10(4-20-21)14(22)23/h1-7H,8H2,(H,22,23). The minimum atomic E-state index is -1.07. The van der Waals surface area contributed by atoms with Crippen LogP contribution in [-0.4, -0.2) is 30.8 Å². The summed E-state index contributed by atoms with van der Waals surface area (Å²) in [6, 6.07) is 5.11. The maximum atomic E-state index is 10.8. The van der Waals surface area contributed by atoms with Crippen molar-refractivity contribution in [2.24, 2.45) is 0 Å². The van der Waals surface area contributed by atoms with E-state index in [2.05, 4.69) is 15.1 Å². The van der Waals surface area contributed by atoms with E-state index in [9.17, 15) is 4.79 Å². The fourth-order valence-electron chi connectivity index (χ4n) is 1.86. The molecule has 0 atom stereocenters. The minimum absolute atomic E-state index is 0.0505. The lowest BCUT2D eigenvalue weighted by Crippen LogP contribution is -2.03. The second-order valence-corrected chi connectivity index (χ2v) is 5.57. The number of halogens is 2. The highest BCUT2D eigenvalue weighted by Crippen LogP contribution is 2.22. The third-order valence-corrected chi connectivity index (χ3v) is 3.65. The van der Waals surface area contributed by atoms with E-state index in [1.165, 1.54) is 29.5 Å². The largest absolute Gasteiger partial charge is 0.486 e. The van der Waals surface area contributed by atoms with E-state index in [4.69, 9.17) is 33.0 Å². The van der Waals surface area contributed by atoms with Crippen LogP contribution in [0.15, 0.2) is 43.0 Å². The van der Waals surface area contributed by atoms with E-state index in [1.807, 2.05) is 0 Å². The highest BCUT2D eigenvalue weighted by Gasteiger charge is 2.09. The van der Waals surface area contributed by atoms with Crippen molar-refractivity contribution in [1.82, 2.24) is 19.7 Å². The van der Waals surface area contributed by atoms with Crippen LogP contribution in [0.3, 0.4) is 0 Å².